The Hall–Kier alpha value is -1.20. The Bertz CT molecular complexity index is 280. The Kier molecular flexibility index (Phi) is 2.90. The number of ether oxygens (including phenoxy) is 1. The maximum absolute atomic E-state index is 10.9. The molecule has 14 heavy (non-hydrogen) atoms. The van der Waals surface area contributed by atoms with Gasteiger partial charge in [0.1, 0.15) is 24.3 Å². The summed E-state index contributed by atoms with van der Waals surface area (Å²) >= 11 is 0. The first kappa shape index (κ1) is 9.36. The number of rotatable bonds is 3. The van der Waals surface area contributed by atoms with Crippen molar-refractivity contribution in [2.45, 2.75) is 6.04 Å². The summed E-state index contributed by atoms with van der Waals surface area (Å²) < 4.78 is 5.22. The van der Waals surface area contributed by atoms with Gasteiger partial charge in [0, 0.05) is 19.3 Å². The van der Waals surface area contributed by atoms with Crippen LogP contribution < -0.4 is 0 Å². The van der Waals surface area contributed by atoms with Crippen molar-refractivity contribution in [3.05, 3.63) is 18.2 Å². The molecule has 5 heteroatoms. The number of hydrogen-bond acceptors (Lipinski definition) is 4. The Morgan fingerprint density at radius 1 is 1.64 bits per heavy atom. The van der Waals surface area contributed by atoms with Gasteiger partial charge in [-0.3, -0.25) is 4.90 Å². The maximum atomic E-state index is 10.9. The lowest BCUT2D eigenvalue weighted by molar-refractivity contribution is -0.114. The fraction of sp³-hybridized carbons (Fsp3) is 0.556. The number of carbonyl (C=O) groups is 1. The van der Waals surface area contributed by atoms with Crippen molar-refractivity contribution in [3.63, 3.8) is 0 Å². The highest BCUT2D eigenvalue weighted by molar-refractivity contribution is 5.59. The first-order valence-corrected chi connectivity index (χ1v) is 4.60. The van der Waals surface area contributed by atoms with Crippen molar-refractivity contribution >= 4 is 6.29 Å². The van der Waals surface area contributed by atoms with Gasteiger partial charge < -0.3 is 14.5 Å². The molecule has 1 fully saturated rings. The molecule has 0 saturated carbocycles. The van der Waals surface area contributed by atoms with E-state index in [1.54, 1.807) is 6.20 Å². The van der Waals surface area contributed by atoms with Gasteiger partial charge in [0.05, 0.1) is 13.2 Å². The van der Waals surface area contributed by atoms with Crippen LogP contribution in [0.4, 0.5) is 0 Å². The molecule has 75 valence electrons. The molecule has 1 aliphatic rings. The van der Waals surface area contributed by atoms with Crippen LogP contribution >= 0.6 is 0 Å². The molecular weight excluding hydrogens is 182 g/mol. The number of H-pyrrole nitrogens is 1. The van der Waals surface area contributed by atoms with E-state index in [0.717, 1.165) is 19.4 Å². The quantitative estimate of drug-likeness (QED) is 0.676. The van der Waals surface area contributed by atoms with Crippen molar-refractivity contribution in [1.29, 1.82) is 0 Å². The van der Waals surface area contributed by atoms with Crippen LogP contribution in [0.2, 0.25) is 0 Å². The third kappa shape index (κ3) is 1.83. The molecule has 1 aromatic rings. The van der Waals surface area contributed by atoms with Crippen molar-refractivity contribution in [2.75, 3.05) is 26.3 Å². The summed E-state index contributed by atoms with van der Waals surface area (Å²) in [6.45, 7) is 2.89. The average Bonchev–Trinajstić information content (AvgIpc) is 2.74. The first-order valence-electron chi connectivity index (χ1n) is 4.60. The first-order chi connectivity index (χ1) is 6.92. The van der Waals surface area contributed by atoms with E-state index in [9.17, 15) is 4.79 Å². The van der Waals surface area contributed by atoms with Crippen LogP contribution in [0.5, 0.6) is 0 Å². The lowest BCUT2D eigenvalue weighted by Crippen LogP contribution is -2.40. The van der Waals surface area contributed by atoms with Crippen LogP contribution in [-0.4, -0.2) is 47.5 Å². The Morgan fingerprint density at radius 3 is 3.00 bits per heavy atom. The number of nitrogens with zero attached hydrogens (tertiary/aromatic N) is 2. The van der Waals surface area contributed by atoms with E-state index in [2.05, 4.69) is 16.2 Å². The van der Waals surface area contributed by atoms with Gasteiger partial charge in [0.15, 0.2) is 0 Å². The van der Waals surface area contributed by atoms with Gasteiger partial charge in [-0.05, 0) is 0 Å². The maximum Gasteiger partial charge on any atom is 0.144 e. The normalized spacial score (nSPS) is 20.6. The molecule has 0 aromatic carbocycles. The number of imidazole rings is 1. The zero-order valence-corrected chi connectivity index (χ0v) is 7.77. The molecule has 2 heterocycles. The number of aromatic amines is 1. The Labute approximate surface area is 82.1 Å². The van der Waals surface area contributed by atoms with E-state index in [1.165, 1.54) is 0 Å². The second-order valence-corrected chi connectivity index (χ2v) is 3.14. The van der Waals surface area contributed by atoms with Gasteiger partial charge >= 0.3 is 0 Å². The zero-order chi connectivity index (χ0) is 9.80. The van der Waals surface area contributed by atoms with Crippen LogP contribution in [0, 0.1) is 6.20 Å². The van der Waals surface area contributed by atoms with E-state index >= 15 is 0 Å². The topological polar surface area (TPSA) is 58.2 Å². The summed E-state index contributed by atoms with van der Waals surface area (Å²) in [4.78, 5) is 19.9. The molecule has 2 rings (SSSR count). The van der Waals surface area contributed by atoms with E-state index in [-0.39, 0.29) is 6.04 Å². The lowest BCUT2D eigenvalue weighted by Gasteiger charge is -2.30. The summed E-state index contributed by atoms with van der Waals surface area (Å²) in [6, 6.07) is -0.287. The molecule has 1 radical (unpaired) electrons. The number of carbonyl (C=O) groups excluding carboxylic acids is 1. The Balaban J connectivity index is 2.08. The average molecular weight is 194 g/mol. The van der Waals surface area contributed by atoms with E-state index in [4.69, 9.17) is 4.74 Å². The number of nitrogens with one attached hydrogen (secondary N) is 1. The molecule has 1 aliphatic heterocycles. The van der Waals surface area contributed by atoms with Crippen molar-refractivity contribution in [1.82, 2.24) is 14.9 Å². The monoisotopic (exact) mass is 194 g/mol. The summed E-state index contributed by atoms with van der Waals surface area (Å²) in [5.41, 5.74) is 0. The predicted octanol–water partition coefficient (Wildman–Crippen LogP) is -0.218. The summed E-state index contributed by atoms with van der Waals surface area (Å²) in [7, 11) is 0. The molecule has 1 saturated heterocycles. The second kappa shape index (κ2) is 4.34. The third-order valence-corrected chi connectivity index (χ3v) is 2.32. The van der Waals surface area contributed by atoms with Gasteiger partial charge in [-0.2, -0.15) is 0 Å². The third-order valence-electron chi connectivity index (χ3n) is 2.32. The van der Waals surface area contributed by atoms with Crippen LogP contribution in [-0.2, 0) is 9.53 Å². The molecule has 1 N–H and O–H groups in total. The molecule has 1 unspecified atom stereocenters. The highest BCUT2D eigenvalue weighted by Crippen LogP contribution is 2.15. The number of morpholine rings is 1. The number of aromatic nitrogens is 2. The van der Waals surface area contributed by atoms with Gasteiger partial charge in [-0.1, -0.05) is 0 Å². The lowest BCUT2D eigenvalue weighted by atomic mass is 10.2. The second-order valence-electron chi connectivity index (χ2n) is 3.14. The molecule has 0 aliphatic carbocycles. The van der Waals surface area contributed by atoms with E-state index < -0.39 is 0 Å². The molecule has 0 bridgehead atoms. The highest BCUT2D eigenvalue weighted by atomic mass is 16.5. The van der Waals surface area contributed by atoms with Crippen molar-refractivity contribution in [3.8, 4) is 0 Å². The molecule has 1 atom stereocenters. The van der Waals surface area contributed by atoms with Gasteiger partial charge in [-0.15, -0.1) is 0 Å². The SMILES string of the molecule is O=CC(c1n[c]c[nH]1)N1CCOCC1. The molecule has 1 aromatic heterocycles. The van der Waals surface area contributed by atoms with E-state index in [0.29, 0.717) is 19.0 Å². The van der Waals surface area contributed by atoms with Crippen LogP contribution in [0.1, 0.15) is 11.9 Å². The largest absolute Gasteiger partial charge is 0.379 e. The van der Waals surface area contributed by atoms with Crippen molar-refractivity contribution in [2.24, 2.45) is 0 Å². The Morgan fingerprint density at radius 2 is 2.43 bits per heavy atom. The van der Waals surface area contributed by atoms with Crippen molar-refractivity contribution < 1.29 is 9.53 Å². The van der Waals surface area contributed by atoms with Crippen LogP contribution in [0.3, 0.4) is 0 Å². The van der Waals surface area contributed by atoms with Crippen LogP contribution in [0.25, 0.3) is 0 Å². The predicted molar refractivity (Wildman–Crippen MR) is 48.6 cm³/mol. The molecular formula is C9H12N3O2. The zero-order valence-electron chi connectivity index (χ0n) is 7.77. The van der Waals surface area contributed by atoms with Gasteiger partial charge in [-0.25, -0.2) is 4.98 Å². The highest BCUT2D eigenvalue weighted by Gasteiger charge is 2.23. The molecule has 0 spiro atoms. The summed E-state index contributed by atoms with van der Waals surface area (Å²) in [6.07, 6.45) is 5.17. The number of aldehydes is 1. The fourth-order valence-electron chi connectivity index (χ4n) is 1.57. The van der Waals surface area contributed by atoms with Crippen LogP contribution in [0.15, 0.2) is 6.20 Å². The smallest absolute Gasteiger partial charge is 0.144 e. The minimum absolute atomic E-state index is 0.287. The molecule has 5 nitrogen and oxygen atoms in total. The minimum Gasteiger partial charge on any atom is -0.379 e. The standard InChI is InChI=1S/C9H12N3O2/c13-7-8(9-10-1-2-11-9)12-3-5-14-6-4-12/h1,7-8H,3-6H2,(H,10,11). The minimum atomic E-state index is -0.287. The van der Waals surface area contributed by atoms with Gasteiger partial charge in [0.2, 0.25) is 0 Å². The summed E-state index contributed by atoms with van der Waals surface area (Å²) in [5, 5.41) is 0. The van der Waals surface area contributed by atoms with E-state index in [1.807, 2.05) is 4.90 Å². The van der Waals surface area contributed by atoms with Gasteiger partial charge in [0.25, 0.3) is 0 Å². The fourth-order valence-corrected chi connectivity index (χ4v) is 1.57. The molecule has 0 amide bonds. The summed E-state index contributed by atoms with van der Waals surface area (Å²) in [5.74, 6) is 0.655. The number of hydrogen-bond donors (Lipinski definition) is 1.